The number of fused-ring (bicyclic) bond motifs is 3. The van der Waals surface area contributed by atoms with Gasteiger partial charge in [-0.05, 0) is 35.4 Å². The molecule has 114 valence electrons. The normalized spacial score (nSPS) is 41.0. The van der Waals surface area contributed by atoms with Crippen LogP contribution in [0.15, 0.2) is 21.3 Å². The summed E-state index contributed by atoms with van der Waals surface area (Å²) in [7, 11) is 3.37. The van der Waals surface area contributed by atoms with E-state index in [9.17, 15) is 4.79 Å². The summed E-state index contributed by atoms with van der Waals surface area (Å²) in [6.07, 6.45) is 6.57. The van der Waals surface area contributed by atoms with Crippen molar-refractivity contribution in [3.05, 3.63) is 21.3 Å². The lowest BCUT2D eigenvalue weighted by Gasteiger charge is -2.33. The highest BCUT2D eigenvalue weighted by Crippen LogP contribution is 2.57. The summed E-state index contributed by atoms with van der Waals surface area (Å²) < 4.78 is 17.9. The van der Waals surface area contributed by atoms with Crippen LogP contribution >= 0.6 is 22.6 Å². The average molecular weight is 403 g/mol. The third-order valence-corrected chi connectivity index (χ3v) is 6.23. The number of nitrogens with zero attached hydrogens (tertiary/aromatic N) is 1. The van der Waals surface area contributed by atoms with Gasteiger partial charge in [0.15, 0.2) is 11.9 Å². The molecule has 0 saturated carbocycles. The van der Waals surface area contributed by atoms with Crippen molar-refractivity contribution in [2.45, 2.75) is 49.3 Å². The van der Waals surface area contributed by atoms with Crippen molar-refractivity contribution < 1.29 is 19.0 Å². The number of rotatable bonds is 3. The molecule has 2 fully saturated rings. The van der Waals surface area contributed by atoms with E-state index in [1.54, 1.807) is 20.3 Å². The fourth-order valence-corrected chi connectivity index (χ4v) is 5.65. The number of halogens is 1. The molecule has 4 aliphatic rings. The molecule has 0 amide bonds. The molecule has 2 bridgehead atoms. The standard InChI is InChI=1S/C15H18INO4/c1-19-14(20-2)11-3-4-12-15-7-8(17(11)12)5-10(16)9(15)6-13(18)21-15/h5-6,8,11-12,14H,3-4,7H2,1-2H3/t8-,11?,12?,15+/m1/s1. The zero-order valence-electron chi connectivity index (χ0n) is 12.0. The van der Waals surface area contributed by atoms with Gasteiger partial charge in [0.1, 0.15) is 0 Å². The lowest BCUT2D eigenvalue weighted by molar-refractivity contribution is -0.151. The summed E-state index contributed by atoms with van der Waals surface area (Å²) in [5.41, 5.74) is 0.636. The maximum Gasteiger partial charge on any atom is 0.332 e. The summed E-state index contributed by atoms with van der Waals surface area (Å²) in [4.78, 5) is 14.3. The van der Waals surface area contributed by atoms with E-state index in [1.807, 2.05) is 0 Å². The van der Waals surface area contributed by atoms with Gasteiger partial charge in [-0.3, -0.25) is 4.90 Å². The SMILES string of the molecule is COC(OC)C1CCC2N1[C@@H]1C=C(I)C3=CC(=O)O[C@@]32C1. The second-order valence-electron chi connectivity index (χ2n) is 6.10. The van der Waals surface area contributed by atoms with Gasteiger partial charge in [-0.1, -0.05) is 6.08 Å². The first kappa shape index (κ1) is 14.2. The van der Waals surface area contributed by atoms with Crippen LogP contribution in [0.25, 0.3) is 0 Å². The lowest BCUT2D eigenvalue weighted by atomic mass is 9.81. The Hall–Kier alpha value is -0.440. The third kappa shape index (κ3) is 1.76. The van der Waals surface area contributed by atoms with E-state index >= 15 is 0 Å². The van der Waals surface area contributed by atoms with E-state index in [2.05, 4.69) is 33.6 Å². The Bertz CT molecular complexity index is 556. The van der Waals surface area contributed by atoms with Crippen LogP contribution in [-0.4, -0.2) is 55.1 Å². The molecule has 4 rings (SSSR count). The molecule has 1 aliphatic carbocycles. The van der Waals surface area contributed by atoms with Gasteiger partial charge in [-0.15, -0.1) is 0 Å². The first-order chi connectivity index (χ1) is 10.1. The summed E-state index contributed by atoms with van der Waals surface area (Å²) in [5.74, 6) is -0.200. The number of hydrogen-bond acceptors (Lipinski definition) is 5. The second-order valence-corrected chi connectivity index (χ2v) is 7.26. The van der Waals surface area contributed by atoms with E-state index in [1.165, 1.54) is 0 Å². The average Bonchev–Trinajstić information content (AvgIpc) is 3.08. The first-order valence-electron chi connectivity index (χ1n) is 7.26. The van der Waals surface area contributed by atoms with E-state index in [0.717, 1.165) is 28.4 Å². The summed E-state index contributed by atoms with van der Waals surface area (Å²) in [6.45, 7) is 0. The minimum Gasteiger partial charge on any atom is -0.449 e. The molecule has 6 heteroatoms. The summed E-state index contributed by atoms with van der Waals surface area (Å²) in [5, 5.41) is 0. The fraction of sp³-hybridized carbons (Fsp3) is 0.667. The Balaban J connectivity index is 1.75. The largest absolute Gasteiger partial charge is 0.449 e. The van der Waals surface area contributed by atoms with E-state index in [4.69, 9.17) is 14.2 Å². The molecule has 21 heavy (non-hydrogen) atoms. The van der Waals surface area contributed by atoms with Crippen LogP contribution in [0.4, 0.5) is 0 Å². The predicted molar refractivity (Wildman–Crippen MR) is 83.9 cm³/mol. The molecule has 1 spiro atoms. The van der Waals surface area contributed by atoms with Gasteiger partial charge in [0.25, 0.3) is 0 Å². The minimum absolute atomic E-state index is 0.200. The first-order valence-corrected chi connectivity index (χ1v) is 8.34. The number of ether oxygens (including phenoxy) is 3. The zero-order valence-corrected chi connectivity index (χ0v) is 14.2. The molecule has 5 nitrogen and oxygen atoms in total. The number of carbonyl (C=O) groups excluding carboxylic acids is 1. The van der Waals surface area contributed by atoms with Crippen molar-refractivity contribution in [1.82, 2.24) is 4.90 Å². The monoisotopic (exact) mass is 403 g/mol. The fourth-order valence-electron chi connectivity index (χ4n) is 4.63. The van der Waals surface area contributed by atoms with Crippen molar-refractivity contribution in [3.8, 4) is 0 Å². The summed E-state index contributed by atoms with van der Waals surface area (Å²) >= 11 is 2.32. The van der Waals surface area contributed by atoms with Crippen LogP contribution in [0.3, 0.4) is 0 Å². The maximum absolute atomic E-state index is 11.9. The second kappa shape index (κ2) is 4.78. The van der Waals surface area contributed by atoms with Gasteiger partial charge >= 0.3 is 5.97 Å². The van der Waals surface area contributed by atoms with E-state index in [-0.39, 0.29) is 24.3 Å². The highest BCUT2D eigenvalue weighted by Gasteiger charge is 2.65. The number of esters is 1. The van der Waals surface area contributed by atoms with Crippen molar-refractivity contribution in [3.63, 3.8) is 0 Å². The Morgan fingerprint density at radius 1 is 1.43 bits per heavy atom. The molecule has 3 aliphatic heterocycles. The number of methoxy groups -OCH3 is 2. The Labute approximate surface area is 137 Å². The molecule has 0 aromatic rings. The summed E-state index contributed by atoms with van der Waals surface area (Å²) in [6, 6.07) is 0.750. The van der Waals surface area contributed by atoms with E-state index < -0.39 is 5.60 Å². The van der Waals surface area contributed by atoms with Gasteiger partial charge in [0.05, 0.1) is 12.1 Å². The van der Waals surface area contributed by atoms with Crippen LogP contribution in [0.5, 0.6) is 0 Å². The molecular formula is C15H18INO4. The zero-order chi connectivity index (χ0) is 14.8. The highest BCUT2D eigenvalue weighted by atomic mass is 127. The van der Waals surface area contributed by atoms with Crippen molar-refractivity contribution in [2.24, 2.45) is 0 Å². The van der Waals surface area contributed by atoms with Crippen LogP contribution in [-0.2, 0) is 19.0 Å². The third-order valence-electron chi connectivity index (χ3n) is 5.29. The molecule has 0 aromatic heterocycles. The molecule has 2 saturated heterocycles. The maximum atomic E-state index is 11.9. The highest BCUT2D eigenvalue weighted by molar-refractivity contribution is 14.1. The van der Waals surface area contributed by atoms with Gasteiger partial charge < -0.3 is 14.2 Å². The molecular weight excluding hydrogens is 385 g/mol. The van der Waals surface area contributed by atoms with Crippen LogP contribution < -0.4 is 0 Å². The Morgan fingerprint density at radius 3 is 2.90 bits per heavy atom. The van der Waals surface area contributed by atoms with Crippen molar-refractivity contribution in [1.29, 1.82) is 0 Å². The Morgan fingerprint density at radius 2 is 2.19 bits per heavy atom. The van der Waals surface area contributed by atoms with Gasteiger partial charge in [0, 0.05) is 41.9 Å². The number of hydrogen-bond donors (Lipinski definition) is 0. The Kier molecular flexibility index (Phi) is 3.22. The van der Waals surface area contributed by atoms with Crippen LogP contribution in [0.1, 0.15) is 19.3 Å². The molecule has 0 N–H and O–H groups in total. The van der Waals surface area contributed by atoms with Gasteiger partial charge in [-0.2, -0.15) is 0 Å². The molecule has 3 heterocycles. The van der Waals surface area contributed by atoms with Crippen molar-refractivity contribution in [2.75, 3.05) is 14.2 Å². The van der Waals surface area contributed by atoms with Gasteiger partial charge in [0.2, 0.25) is 0 Å². The molecule has 4 atom stereocenters. The molecule has 0 aromatic carbocycles. The van der Waals surface area contributed by atoms with E-state index in [0.29, 0.717) is 6.04 Å². The molecule has 2 unspecified atom stereocenters. The van der Waals surface area contributed by atoms with Crippen molar-refractivity contribution >= 4 is 28.6 Å². The smallest absolute Gasteiger partial charge is 0.332 e. The molecule has 0 radical (unpaired) electrons. The predicted octanol–water partition coefficient (Wildman–Crippen LogP) is 1.77. The quantitative estimate of drug-likeness (QED) is 0.409. The number of carbonyl (C=O) groups is 1. The van der Waals surface area contributed by atoms with Crippen LogP contribution in [0.2, 0.25) is 0 Å². The topological polar surface area (TPSA) is 48.0 Å². The van der Waals surface area contributed by atoms with Gasteiger partial charge in [-0.25, -0.2) is 4.79 Å². The minimum atomic E-state index is -0.437. The lowest BCUT2D eigenvalue weighted by Crippen LogP contribution is -2.48. The van der Waals surface area contributed by atoms with Crippen LogP contribution in [0, 0.1) is 0 Å².